The van der Waals surface area contributed by atoms with Gasteiger partial charge in [0.2, 0.25) is 10.0 Å². The van der Waals surface area contributed by atoms with E-state index in [1.165, 1.54) is 31.2 Å². The Hall–Kier alpha value is -0.300. The highest BCUT2D eigenvalue weighted by Crippen LogP contribution is 2.24. The number of rotatable bonds is 4. The first-order chi connectivity index (χ1) is 8.58. The van der Waals surface area contributed by atoms with Gasteiger partial charge in [-0.05, 0) is 30.7 Å². The lowest BCUT2D eigenvalue weighted by molar-refractivity contribution is 0.573. The zero-order valence-corrected chi connectivity index (χ0v) is 12.2. The van der Waals surface area contributed by atoms with E-state index in [4.69, 9.17) is 11.6 Å². The van der Waals surface area contributed by atoms with Crippen LogP contribution in [0.5, 0.6) is 0 Å². The van der Waals surface area contributed by atoms with Gasteiger partial charge < -0.3 is 0 Å². The van der Waals surface area contributed by atoms with Crippen LogP contribution < -0.4 is 4.72 Å². The van der Waals surface area contributed by atoms with Gasteiger partial charge in [0, 0.05) is 18.0 Å². The van der Waals surface area contributed by atoms with E-state index in [0.29, 0.717) is 11.8 Å². The van der Waals surface area contributed by atoms with Crippen molar-refractivity contribution in [2.45, 2.75) is 29.4 Å². The molecular formula is C11H15ClN2O2S2. The maximum Gasteiger partial charge on any atom is 0.240 e. The maximum atomic E-state index is 12.0. The molecule has 18 heavy (non-hydrogen) atoms. The highest BCUT2D eigenvalue weighted by atomic mass is 35.5. The predicted molar refractivity (Wildman–Crippen MR) is 74.5 cm³/mol. The average molecular weight is 307 g/mol. The molecule has 1 N–H and O–H groups in total. The second kappa shape index (κ2) is 6.23. The molecule has 1 aliphatic heterocycles. The van der Waals surface area contributed by atoms with E-state index in [1.54, 1.807) is 0 Å². The van der Waals surface area contributed by atoms with Gasteiger partial charge >= 0.3 is 0 Å². The summed E-state index contributed by atoms with van der Waals surface area (Å²) in [5.41, 5.74) is 0. The van der Waals surface area contributed by atoms with Crippen molar-refractivity contribution >= 4 is 33.4 Å². The van der Waals surface area contributed by atoms with Crippen molar-refractivity contribution in [2.24, 2.45) is 0 Å². The lowest BCUT2D eigenvalue weighted by Crippen LogP contribution is -2.32. The van der Waals surface area contributed by atoms with Crippen LogP contribution in [0.4, 0.5) is 0 Å². The van der Waals surface area contributed by atoms with E-state index >= 15 is 0 Å². The number of aromatic nitrogens is 1. The van der Waals surface area contributed by atoms with Crippen molar-refractivity contribution in [3.8, 4) is 0 Å². The summed E-state index contributed by atoms with van der Waals surface area (Å²) in [6.45, 7) is 0.479. The molecule has 1 aromatic rings. The quantitative estimate of drug-likeness (QED) is 0.867. The molecule has 1 atom stereocenters. The molecule has 1 fully saturated rings. The Morgan fingerprint density at radius 2 is 2.33 bits per heavy atom. The number of pyridine rings is 1. The summed E-state index contributed by atoms with van der Waals surface area (Å²) in [5, 5.41) is 0.566. The lowest BCUT2D eigenvalue weighted by atomic mass is 10.2. The number of halogens is 1. The Morgan fingerprint density at radius 3 is 3.00 bits per heavy atom. The molecule has 0 amide bonds. The molecule has 100 valence electrons. The molecule has 0 bridgehead atoms. The van der Waals surface area contributed by atoms with Crippen LogP contribution in [0.1, 0.15) is 19.3 Å². The van der Waals surface area contributed by atoms with Crippen molar-refractivity contribution in [3.63, 3.8) is 0 Å². The molecule has 0 aromatic carbocycles. The predicted octanol–water partition coefficient (Wildman–Crippen LogP) is 2.30. The second-order valence-corrected chi connectivity index (χ2v) is 7.72. The van der Waals surface area contributed by atoms with Gasteiger partial charge in [-0.15, -0.1) is 0 Å². The Balaban J connectivity index is 1.98. The van der Waals surface area contributed by atoms with Gasteiger partial charge in [0.15, 0.2) is 0 Å². The van der Waals surface area contributed by atoms with Crippen LogP contribution in [0, 0.1) is 0 Å². The molecule has 1 saturated heterocycles. The molecule has 2 heterocycles. The average Bonchev–Trinajstić information content (AvgIpc) is 2.38. The molecule has 0 spiro atoms. The summed E-state index contributed by atoms with van der Waals surface area (Å²) in [6.07, 6.45) is 4.88. The van der Waals surface area contributed by atoms with Crippen molar-refractivity contribution in [1.29, 1.82) is 0 Å². The lowest BCUT2D eigenvalue weighted by Gasteiger charge is -2.21. The number of hydrogen-bond donors (Lipinski definition) is 1. The van der Waals surface area contributed by atoms with Gasteiger partial charge in [0.05, 0.1) is 4.90 Å². The van der Waals surface area contributed by atoms with E-state index in [9.17, 15) is 8.42 Å². The maximum absolute atomic E-state index is 12.0. The molecule has 7 heteroatoms. The standard InChI is InChI=1S/C11H15ClN2O2S2/c12-11-7-10(4-5-13-11)18(15,16)14-8-9-3-1-2-6-17-9/h4-5,7,9,14H,1-3,6,8H2. The summed E-state index contributed by atoms with van der Waals surface area (Å²) in [4.78, 5) is 3.94. The first-order valence-corrected chi connectivity index (χ1v) is 8.72. The molecule has 0 radical (unpaired) electrons. The van der Waals surface area contributed by atoms with Gasteiger partial charge in [0.1, 0.15) is 5.15 Å². The second-order valence-electron chi connectivity index (χ2n) is 4.15. The molecule has 1 aromatic heterocycles. The smallest absolute Gasteiger partial charge is 0.240 e. The summed E-state index contributed by atoms with van der Waals surface area (Å²) in [6, 6.07) is 2.81. The molecule has 0 aliphatic carbocycles. The zero-order valence-electron chi connectivity index (χ0n) is 9.80. The highest BCUT2D eigenvalue weighted by Gasteiger charge is 2.19. The van der Waals surface area contributed by atoms with Crippen LogP contribution in [0.3, 0.4) is 0 Å². The third-order valence-electron chi connectivity index (χ3n) is 2.78. The van der Waals surface area contributed by atoms with Crippen LogP contribution >= 0.6 is 23.4 Å². The summed E-state index contributed by atoms with van der Waals surface area (Å²) >= 11 is 7.53. The monoisotopic (exact) mass is 306 g/mol. The molecule has 4 nitrogen and oxygen atoms in total. The fourth-order valence-electron chi connectivity index (χ4n) is 1.81. The topological polar surface area (TPSA) is 59.1 Å². The van der Waals surface area contributed by atoms with Crippen molar-refractivity contribution < 1.29 is 8.42 Å². The molecular weight excluding hydrogens is 292 g/mol. The molecule has 1 aliphatic rings. The highest BCUT2D eigenvalue weighted by molar-refractivity contribution is 8.00. The number of hydrogen-bond acceptors (Lipinski definition) is 4. The zero-order chi connectivity index (χ0) is 13.0. The third-order valence-corrected chi connectivity index (χ3v) is 5.81. The van der Waals surface area contributed by atoms with E-state index in [1.807, 2.05) is 11.8 Å². The Labute approximate surface area is 117 Å². The fourth-order valence-corrected chi connectivity index (χ4v) is 4.48. The fraction of sp³-hybridized carbons (Fsp3) is 0.545. The summed E-state index contributed by atoms with van der Waals surface area (Å²) in [7, 11) is -3.47. The largest absolute Gasteiger partial charge is 0.244 e. The number of nitrogens with one attached hydrogen (secondary N) is 1. The summed E-state index contributed by atoms with van der Waals surface area (Å²) in [5.74, 6) is 1.12. The van der Waals surface area contributed by atoms with Crippen molar-refractivity contribution in [2.75, 3.05) is 12.3 Å². The first-order valence-electron chi connectivity index (χ1n) is 5.81. The third kappa shape index (κ3) is 3.85. The molecule has 1 unspecified atom stereocenters. The van der Waals surface area contributed by atoms with Gasteiger partial charge in [0.25, 0.3) is 0 Å². The van der Waals surface area contributed by atoms with Gasteiger partial charge in [-0.1, -0.05) is 18.0 Å². The van der Waals surface area contributed by atoms with E-state index < -0.39 is 10.0 Å². The van der Waals surface area contributed by atoms with E-state index in [2.05, 4.69) is 9.71 Å². The molecule has 0 saturated carbocycles. The van der Waals surface area contributed by atoms with Gasteiger partial charge in [-0.2, -0.15) is 11.8 Å². The number of thioether (sulfide) groups is 1. The van der Waals surface area contributed by atoms with Crippen LogP contribution in [-0.4, -0.2) is 30.9 Å². The Morgan fingerprint density at radius 1 is 1.50 bits per heavy atom. The SMILES string of the molecule is O=S(=O)(NCC1CCCCS1)c1ccnc(Cl)c1. The van der Waals surface area contributed by atoms with Crippen LogP contribution in [-0.2, 0) is 10.0 Å². The molecule has 2 rings (SSSR count). The van der Waals surface area contributed by atoms with Crippen LogP contribution in [0.2, 0.25) is 5.15 Å². The normalized spacial score (nSPS) is 20.8. The van der Waals surface area contributed by atoms with Crippen LogP contribution in [0.15, 0.2) is 23.2 Å². The van der Waals surface area contributed by atoms with Gasteiger partial charge in [-0.3, -0.25) is 0 Å². The summed E-state index contributed by atoms with van der Waals surface area (Å²) < 4.78 is 26.7. The number of nitrogens with zero attached hydrogens (tertiary/aromatic N) is 1. The first kappa shape index (κ1) is 14.1. The van der Waals surface area contributed by atoms with E-state index in [-0.39, 0.29) is 10.0 Å². The minimum Gasteiger partial charge on any atom is -0.244 e. The van der Waals surface area contributed by atoms with E-state index in [0.717, 1.165) is 12.2 Å². The van der Waals surface area contributed by atoms with Gasteiger partial charge in [-0.25, -0.2) is 18.1 Å². The van der Waals surface area contributed by atoms with Crippen LogP contribution in [0.25, 0.3) is 0 Å². The minimum absolute atomic E-state index is 0.170. The minimum atomic E-state index is -3.47. The van der Waals surface area contributed by atoms with Crippen molar-refractivity contribution in [1.82, 2.24) is 9.71 Å². The number of sulfonamides is 1. The van der Waals surface area contributed by atoms with Crippen molar-refractivity contribution in [3.05, 3.63) is 23.5 Å². The Kier molecular flexibility index (Phi) is 4.89. The Bertz CT molecular complexity index is 502.